The van der Waals surface area contributed by atoms with Crippen molar-refractivity contribution in [3.05, 3.63) is 77.4 Å². The lowest BCUT2D eigenvalue weighted by Gasteiger charge is -2.24. The van der Waals surface area contributed by atoms with Crippen LogP contribution in [0.3, 0.4) is 0 Å². The average molecular weight is 413 g/mol. The average Bonchev–Trinajstić information content (AvgIpc) is 3.27. The minimum atomic E-state index is -1.21. The van der Waals surface area contributed by atoms with Gasteiger partial charge in [-0.05, 0) is 59.9 Å². The van der Waals surface area contributed by atoms with Crippen LogP contribution in [0.25, 0.3) is 10.8 Å². The van der Waals surface area contributed by atoms with Crippen LogP contribution in [0.15, 0.2) is 60.7 Å². The first-order valence-corrected chi connectivity index (χ1v) is 10.4. The molecule has 2 aliphatic rings. The summed E-state index contributed by atoms with van der Waals surface area (Å²) in [5, 5.41) is 4.85. The molecule has 3 aromatic carbocycles. The quantitative estimate of drug-likeness (QED) is 0.668. The Morgan fingerprint density at radius 3 is 2.61 bits per heavy atom. The Kier molecular flexibility index (Phi) is 4.32. The van der Waals surface area contributed by atoms with Crippen LogP contribution in [-0.4, -0.2) is 35.8 Å². The van der Waals surface area contributed by atoms with Crippen molar-refractivity contribution >= 4 is 34.3 Å². The fourth-order valence-electron chi connectivity index (χ4n) is 4.51. The monoisotopic (exact) mass is 413 g/mol. The van der Waals surface area contributed by atoms with E-state index in [0.717, 1.165) is 38.9 Å². The number of urea groups is 1. The lowest BCUT2D eigenvalue weighted by atomic mass is 9.90. The van der Waals surface area contributed by atoms with E-state index >= 15 is 0 Å². The van der Waals surface area contributed by atoms with E-state index < -0.39 is 17.5 Å². The summed E-state index contributed by atoms with van der Waals surface area (Å²) in [5.41, 5.74) is 2.53. The minimum Gasteiger partial charge on any atom is -0.319 e. The van der Waals surface area contributed by atoms with E-state index in [1.54, 1.807) is 11.8 Å². The van der Waals surface area contributed by atoms with Gasteiger partial charge < -0.3 is 10.2 Å². The van der Waals surface area contributed by atoms with E-state index in [1.807, 2.05) is 67.6 Å². The zero-order valence-electron chi connectivity index (χ0n) is 17.5. The number of amides is 4. The predicted molar refractivity (Wildman–Crippen MR) is 119 cm³/mol. The number of aryl methyl sites for hydroxylation is 1. The second-order valence-electron chi connectivity index (χ2n) is 8.44. The number of carbonyl (C=O) groups excluding carboxylic acids is 3. The molecule has 5 rings (SSSR count). The molecule has 1 atom stereocenters. The number of anilines is 1. The molecule has 156 valence electrons. The molecule has 3 aromatic rings. The molecule has 1 saturated heterocycles. The smallest absolute Gasteiger partial charge is 0.319 e. The molecule has 6 nitrogen and oxygen atoms in total. The van der Waals surface area contributed by atoms with Gasteiger partial charge in [-0.1, -0.05) is 48.5 Å². The van der Waals surface area contributed by atoms with E-state index in [1.165, 1.54) is 0 Å². The summed E-state index contributed by atoms with van der Waals surface area (Å²) in [6.45, 7) is 3.95. The highest BCUT2D eigenvalue weighted by Crippen LogP contribution is 2.32. The molecule has 2 aliphatic heterocycles. The molecular weight excluding hydrogens is 390 g/mol. The van der Waals surface area contributed by atoms with Crippen LogP contribution in [0.5, 0.6) is 0 Å². The highest BCUT2D eigenvalue weighted by atomic mass is 16.2. The van der Waals surface area contributed by atoms with Crippen LogP contribution < -0.4 is 10.2 Å². The molecule has 0 spiro atoms. The molecule has 0 aromatic heterocycles. The second kappa shape index (κ2) is 6.94. The Morgan fingerprint density at radius 2 is 1.81 bits per heavy atom. The Bertz CT molecular complexity index is 1250. The fraction of sp³-hybridized carbons (Fsp3) is 0.240. The first-order valence-electron chi connectivity index (χ1n) is 10.4. The Labute approximate surface area is 180 Å². The van der Waals surface area contributed by atoms with Crippen LogP contribution in [0, 0.1) is 6.92 Å². The summed E-state index contributed by atoms with van der Waals surface area (Å²) in [7, 11) is 0. The maximum Gasteiger partial charge on any atom is 0.325 e. The van der Waals surface area contributed by atoms with Gasteiger partial charge in [-0.25, -0.2) is 4.79 Å². The summed E-state index contributed by atoms with van der Waals surface area (Å²) < 4.78 is 0. The van der Waals surface area contributed by atoms with Gasteiger partial charge in [-0.15, -0.1) is 0 Å². The molecule has 2 heterocycles. The second-order valence-corrected chi connectivity index (χ2v) is 8.44. The number of benzene rings is 3. The first-order chi connectivity index (χ1) is 14.9. The minimum absolute atomic E-state index is 0.254. The first kappa shape index (κ1) is 19.3. The van der Waals surface area contributed by atoms with E-state index in [0.29, 0.717) is 12.1 Å². The third-order valence-electron chi connectivity index (χ3n) is 6.33. The highest BCUT2D eigenvalue weighted by Gasteiger charge is 2.50. The highest BCUT2D eigenvalue weighted by molar-refractivity contribution is 6.11. The van der Waals surface area contributed by atoms with Crippen LogP contribution in [-0.2, 0) is 21.5 Å². The maximum atomic E-state index is 13.3. The topological polar surface area (TPSA) is 69.7 Å². The molecule has 0 aliphatic carbocycles. The van der Waals surface area contributed by atoms with Crippen molar-refractivity contribution in [1.29, 1.82) is 0 Å². The van der Waals surface area contributed by atoms with Crippen LogP contribution in [0.2, 0.25) is 0 Å². The van der Waals surface area contributed by atoms with Crippen LogP contribution in [0.4, 0.5) is 10.5 Å². The third kappa shape index (κ3) is 3.06. The third-order valence-corrected chi connectivity index (χ3v) is 6.33. The van der Waals surface area contributed by atoms with E-state index in [9.17, 15) is 14.4 Å². The lowest BCUT2D eigenvalue weighted by Crippen LogP contribution is -2.44. The normalized spacial score (nSPS) is 20.3. The summed E-state index contributed by atoms with van der Waals surface area (Å²) >= 11 is 0. The van der Waals surface area contributed by atoms with E-state index in [-0.39, 0.29) is 12.5 Å². The van der Waals surface area contributed by atoms with Gasteiger partial charge in [0.15, 0.2) is 0 Å². The molecule has 31 heavy (non-hydrogen) atoms. The van der Waals surface area contributed by atoms with E-state index in [4.69, 9.17) is 0 Å². The Morgan fingerprint density at radius 1 is 1.03 bits per heavy atom. The number of nitrogens with one attached hydrogen (secondary N) is 1. The molecule has 0 bridgehead atoms. The molecule has 4 amide bonds. The number of nitrogens with zero attached hydrogens (tertiary/aromatic N) is 2. The van der Waals surface area contributed by atoms with Crippen molar-refractivity contribution in [2.24, 2.45) is 0 Å². The molecule has 0 saturated carbocycles. The van der Waals surface area contributed by atoms with Crippen LogP contribution >= 0.6 is 0 Å². The van der Waals surface area contributed by atoms with E-state index in [2.05, 4.69) is 5.32 Å². The standard InChI is InChI=1S/C25H23N3O3/c1-16-7-8-18-11-12-27(21(18)13-16)22(29)15-28-23(30)25(2,26-24(28)31)20-10-9-17-5-3-4-6-19(17)14-20/h3-10,13-14H,11-12,15H2,1-2H3,(H,26,31). The van der Waals surface area contributed by atoms with Crippen LogP contribution in [0.1, 0.15) is 23.6 Å². The van der Waals surface area contributed by atoms with Gasteiger partial charge in [-0.2, -0.15) is 0 Å². The van der Waals surface area contributed by atoms with Gasteiger partial charge >= 0.3 is 6.03 Å². The summed E-state index contributed by atoms with van der Waals surface area (Å²) in [6.07, 6.45) is 0.774. The van der Waals surface area contributed by atoms with Crippen molar-refractivity contribution in [2.75, 3.05) is 18.0 Å². The lowest BCUT2D eigenvalue weighted by molar-refractivity contribution is -0.134. The van der Waals surface area contributed by atoms with Gasteiger partial charge in [0.05, 0.1) is 0 Å². The largest absolute Gasteiger partial charge is 0.325 e. The van der Waals surface area contributed by atoms with Crippen molar-refractivity contribution in [2.45, 2.75) is 25.8 Å². The zero-order valence-corrected chi connectivity index (χ0v) is 17.5. The Balaban J connectivity index is 1.40. The number of carbonyl (C=O) groups is 3. The van der Waals surface area contributed by atoms with Crippen molar-refractivity contribution in [3.63, 3.8) is 0 Å². The SMILES string of the molecule is Cc1ccc2c(c1)N(C(=O)CN1C(=O)NC(C)(c3ccc4ccccc4c3)C1=O)CC2. The molecule has 0 radical (unpaired) electrons. The predicted octanol–water partition coefficient (Wildman–Crippen LogP) is 3.50. The van der Waals surface area contributed by atoms with Crippen molar-refractivity contribution in [1.82, 2.24) is 10.2 Å². The number of fused-ring (bicyclic) bond motifs is 2. The van der Waals surface area contributed by atoms with Crippen molar-refractivity contribution < 1.29 is 14.4 Å². The number of hydrogen-bond donors (Lipinski definition) is 1. The molecule has 1 fully saturated rings. The Hall–Kier alpha value is -3.67. The molecule has 1 N–H and O–H groups in total. The van der Waals surface area contributed by atoms with Gasteiger partial charge in [0.25, 0.3) is 5.91 Å². The van der Waals surface area contributed by atoms with Gasteiger partial charge in [0.2, 0.25) is 5.91 Å². The molecule has 6 heteroatoms. The molecular formula is C25H23N3O3. The fourth-order valence-corrected chi connectivity index (χ4v) is 4.51. The molecule has 1 unspecified atom stereocenters. The van der Waals surface area contributed by atoms with Gasteiger partial charge in [0, 0.05) is 12.2 Å². The zero-order chi connectivity index (χ0) is 21.8. The maximum absolute atomic E-state index is 13.3. The van der Waals surface area contributed by atoms with Gasteiger partial charge in [-0.3, -0.25) is 14.5 Å². The van der Waals surface area contributed by atoms with Gasteiger partial charge in [0.1, 0.15) is 12.1 Å². The summed E-state index contributed by atoms with van der Waals surface area (Å²) in [6, 6.07) is 19.1. The number of hydrogen-bond acceptors (Lipinski definition) is 3. The number of rotatable bonds is 3. The van der Waals surface area contributed by atoms with Crippen molar-refractivity contribution in [3.8, 4) is 0 Å². The number of imide groups is 1. The summed E-state index contributed by atoms with van der Waals surface area (Å²) in [5.74, 6) is -0.666. The summed E-state index contributed by atoms with van der Waals surface area (Å²) in [4.78, 5) is 41.8.